The molecule has 2 aliphatic carbocycles. The lowest BCUT2D eigenvalue weighted by molar-refractivity contribution is 0.249. The summed E-state index contributed by atoms with van der Waals surface area (Å²) in [4.78, 5) is 0. The number of aryl methyl sites for hydroxylation is 3. The zero-order valence-corrected chi connectivity index (χ0v) is 24.4. The molecule has 0 saturated heterocycles. The summed E-state index contributed by atoms with van der Waals surface area (Å²) in [5.41, 5.74) is 6.12. The Bertz CT molecular complexity index is 844. The summed E-state index contributed by atoms with van der Waals surface area (Å²) < 4.78 is 0. The minimum atomic E-state index is 0.806. The minimum Gasteiger partial charge on any atom is -0.0654 e. The standard InChI is InChI=1S/C37H56/c1-3-5-7-9-31-10-12-32(13-11-31)14-15-33-16-18-34(19-17-33)20-21-35-24-28-37(29-25-35)36-26-22-30(23-27-36)8-6-4-2/h16-19,24-25,28-32,36H,3-15,20-23,26-27H2,1-2H3/t30-,31-,32-,36-. The molecule has 0 bridgehead atoms. The highest BCUT2D eigenvalue weighted by Crippen LogP contribution is 2.38. The van der Waals surface area contributed by atoms with Gasteiger partial charge in [-0.1, -0.05) is 133 Å². The lowest BCUT2D eigenvalue weighted by Crippen LogP contribution is -2.15. The number of benzene rings is 2. The van der Waals surface area contributed by atoms with Crippen molar-refractivity contribution in [2.24, 2.45) is 17.8 Å². The molecule has 2 aliphatic rings. The van der Waals surface area contributed by atoms with E-state index in [2.05, 4.69) is 62.4 Å². The summed E-state index contributed by atoms with van der Waals surface area (Å²) in [5, 5.41) is 0. The Hall–Kier alpha value is -1.56. The van der Waals surface area contributed by atoms with Crippen LogP contribution in [0.15, 0.2) is 48.5 Å². The Balaban J connectivity index is 1.13. The van der Waals surface area contributed by atoms with Gasteiger partial charge >= 0.3 is 0 Å². The van der Waals surface area contributed by atoms with E-state index in [1.54, 1.807) is 11.1 Å². The zero-order chi connectivity index (χ0) is 25.7. The van der Waals surface area contributed by atoms with E-state index in [0.29, 0.717) is 0 Å². The van der Waals surface area contributed by atoms with Crippen LogP contribution in [0.25, 0.3) is 0 Å². The van der Waals surface area contributed by atoms with Gasteiger partial charge in [-0.15, -0.1) is 0 Å². The predicted octanol–water partition coefficient (Wildman–Crippen LogP) is 11.3. The molecule has 0 radical (unpaired) electrons. The molecule has 0 unspecified atom stereocenters. The van der Waals surface area contributed by atoms with Gasteiger partial charge in [0.1, 0.15) is 0 Å². The van der Waals surface area contributed by atoms with E-state index in [4.69, 9.17) is 0 Å². The Morgan fingerprint density at radius 3 is 1.43 bits per heavy atom. The summed E-state index contributed by atoms with van der Waals surface area (Å²) >= 11 is 0. The van der Waals surface area contributed by atoms with Crippen LogP contribution in [-0.4, -0.2) is 0 Å². The average molecular weight is 501 g/mol. The quantitative estimate of drug-likeness (QED) is 0.226. The van der Waals surface area contributed by atoms with Crippen molar-refractivity contribution in [1.82, 2.24) is 0 Å². The van der Waals surface area contributed by atoms with Gasteiger partial charge in [0, 0.05) is 0 Å². The van der Waals surface area contributed by atoms with E-state index in [9.17, 15) is 0 Å². The molecule has 37 heavy (non-hydrogen) atoms. The van der Waals surface area contributed by atoms with Crippen molar-refractivity contribution in [3.63, 3.8) is 0 Å². The molecule has 2 saturated carbocycles. The van der Waals surface area contributed by atoms with Crippen molar-refractivity contribution in [2.45, 2.75) is 142 Å². The van der Waals surface area contributed by atoms with E-state index in [0.717, 1.165) is 36.5 Å². The maximum atomic E-state index is 2.44. The first-order valence-electron chi connectivity index (χ1n) is 16.4. The van der Waals surface area contributed by atoms with E-state index in [1.165, 1.54) is 120 Å². The van der Waals surface area contributed by atoms with Crippen LogP contribution >= 0.6 is 0 Å². The molecule has 0 amide bonds. The summed E-state index contributed by atoms with van der Waals surface area (Å²) in [5.74, 6) is 3.82. The lowest BCUT2D eigenvalue weighted by Gasteiger charge is -2.29. The van der Waals surface area contributed by atoms with Crippen molar-refractivity contribution in [3.8, 4) is 0 Å². The van der Waals surface area contributed by atoms with Gasteiger partial charge in [-0.2, -0.15) is 0 Å². The highest BCUT2D eigenvalue weighted by atomic mass is 14.3. The molecule has 0 heteroatoms. The first-order chi connectivity index (χ1) is 18.2. The van der Waals surface area contributed by atoms with Gasteiger partial charge in [0.25, 0.3) is 0 Å². The summed E-state index contributed by atoms with van der Waals surface area (Å²) in [6, 6.07) is 19.3. The van der Waals surface area contributed by atoms with Gasteiger partial charge in [0.05, 0.1) is 0 Å². The molecule has 0 aliphatic heterocycles. The van der Waals surface area contributed by atoms with E-state index in [1.807, 2.05) is 0 Å². The molecule has 4 rings (SSSR count). The number of unbranched alkanes of at least 4 members (excludes halogenated alkanes) is 3. The van der Waals surface area contributed by atoms with Gasteiger partial charge in [0.2, 0.25) is 0 Å². The maximum absolute atomic E-state index is 2.44. The van der Waals surface area contributed by atoms with Crippen LogP contribution in [-0.2, 0) is 19.3 Å². The number of rotatable bonds is 14. The van der Waals surface area contributed by atoms with Gasteiger partial charge in [-0.05, 0) is 97.3 Å². The van der Waals surface area contributed by atoms with Crippen LogP contribution < -0.4 is 0 Å². The van der Waals surface area contributed by atoms with Crippen LogP contribution in [0.2, 0.25) is 0 Å². The third kappa shape index (κ3) is 9.60. The second-order valence-electron chi connectivity index (χ2n) is 12.8. The molecule has 2 fully saturated rings. The lowest BCUT2D eigenvalue weighted by atomic mass is 9.77. The molecule has 0 nitrogen and oxygen atoms in total. The highest BCUT2D eigenvalue weighted by molar-refractivity contribution is 5.28. The van der Waals surface area contributed by atoms with Gasteiger partial charge in [-0.3, -0.25) is 0 Å². The Morgan fingerprint density at radius 2 is 0.892 bits per heavy atom. The highest BCUT2D eigenvalue weighted by Gasteiger charge is 2.22. The molecule has 0 spiro atoms. The first kappa shape index (κ1) is 28.4. The molecule has 204 valence electrons. The monoisotopic (exact) mass is 500 g/mol. The van der Waals surface area contributed by atoms with Crippen LogP contribution in [0.5, 0.6) is 0 Å². The van der Waals surface area contributed by atoms with Crippen LogP contribution in [0.3, 0.4) is 0 Å². The Labute approximate surface area is 230 Å². The molecule has 0 heterocycles. The predicted molar refractivity (Wildman–Crippen MR) is 162 cm³/mol. The van der Waals surface area contributed by atoms with Crippen molar-refractivity contribution < 1.29 is 0 Å². The zero-order valence-electron chi connectivity index (χ0n) is 24.4. The Kier molecular flexibility index (Phi) is 12.1. The summed E-state index contributed by atoms with van der Waals surface area (Å²) in [6.45, 7) is 4.64. The van der Waals surface area contributed by atoms with Gasteiger partial charge < -0.3 is 0 Å². The fraction of sp³-hybridized carbons (Fsp3) is 0.676. The van der Waals surface area contributed by atoms with Gasteiger partial charge in [-0.25, -0.2) is 0 Å². The SMILES string of the molecule is CCCCC[C@H]1CC[C@H](CCc2ccc(CCc3ccc([C@H]4CC[C@H](CCCC)CC4)cc3)cc2)CC1. The molecule has 2 aromatic rings. The molecular formula is C37H56. The second-order valence-corrected chi connectivity index (χ2v) is 12.8. The van der Waals surface area contributed by atoms with Crippen LogP contribution in [0.1, 0.15) is 145 Å². The molecule has 2 aromatic carbocycles. The second kappa shape index (κ2) is 15.8. The normalized spacial score (nSPS) is 24.3. The summed E-state index contributed by atoms with van der Waals surface area (Å²) in [6.07, 6.45) is 26.6. The smallest absolute Gasteiger partial charge is 0.0162 e. The molecule has 0 aromatic heterocycles. The molecule has 0 N–H and O–H groups in total. The van der Waals surface area contributed by atoms with Crippen molar-refractivity contribution in [2.75, 3.05) is 0 Å². The summed E-state index contributed by atoms with van der Waals surface area (Å²) in [7, 11) is 0. The largest absolute Gasteiger partial charge is 0.0654 e. The molecule has 0 atom stereocenters. The van der Waals surface area contributed by atoms with E-state index >= 15 is 0 Å². The van der Waals surface area contributed by atoms with Crippen LogP contribution in [0, 0.1) is 17.8 Å². The van der Waals surface area contributed by atoms with E-state index in [-0.39, 0.29) is 0 Å². The molecular weight excluding hydrogens is 444 g/mol. The van der Waals surface area contributed by atoms with Crippen molar-refractivity contribution in [1.29, 1.82) is 0 Å². The van der Waals surface area contributed by atoms with Crippen LogP contribution in [0.4, 0.5) is 0 Å². The van der Waals surface area contributed by atoms with Crippen molar-refractivity contribution >= 4 is 0 Å². The maximum Gasteiger partial charge on any atom is -0.0162 e. The fourth-order valence-corrected chi connectivity index (χ4v) is 7.26. The average Bonchev–Trinajstić information content (AvgIpc) is 2.96. The third-order valence-electron chi connectivity index (χ3n) is 10.0. The fourth-order valence-electron chi connectivity index (χ4n) is 7.26. The third-order valence-corrected chi connectivity index (χ3v) is 10.0. The Morgan fingerprint density at radius 1 is 0.459 bits per heavy atom. The minimum absolute atomic E-state index is 0.806. The van der Waals surface area contributed by atoms with E-state index < -0.39 is 0 Å². The number of hydrogen-bond acceptors (Lipinski definition) is 0. The van der Waals surface area contributed by atoms with Crippen molar-refractivity contribution in [3.05, 3.63) is 70.8 Å². The first-order valence-corrected chi connectivity index (χ1v) is 16.4. The van der Waals surface area contributed by atoms with Gasteiger partial charge in [0.15, 0.2) is 0 Å². The topological polar surface area (TPSA) is 0 Å². The number of hydrogen-bond donors (Lipinski definition) is 0.